The summed E-state index contributed by atoms with van der Waals surface area (Å²) in [5.74, 6) is 0.781. The molecule has 2 nitrogen and oxygen atoms in total. The molecule has 0 bridgehead atoms. The molecule has 112 valence electrons. The van der Waals surface area contributed by atoms with Crippen LogP contribution < -0.4 is 5.32 Å². The molecular formula is C17H26BrNO. The molecule has 1 N–H and O–H groups in total. The average Bonchev–Trinajstić information content (AvgIpc) is 2.34. The monoisotopic (exact) mass is 339 g/mol. The van der Waals surface area contributed by atoms with E-state index in [0.29, 0.717) is 11.5 Å². The lowest BCUT2D eigenvalue weighted by Gasteiger charge is -2.38. The minimum absolute atomic E-state index is 0.431. The normalized spacial score (nSPS) is 25.4. The first kappa shape index (κ1) is 15.8. The summed E-state index contributed by atoms with van der Waals surface area (Å²) < 4.78 is 7.17. The summed E-state index contributed by atoms with van der Waals surface area (Å²) in [6.07, 6.45) is 4.15. The van der Waals surface area contributed by atoms with Gasteiger partial charge in [-0.15, -0.1) is 0 Å². The fourth-order valence-electron chi connectivity index (χ4n) is 3.37. The molecule has 3 heteroatoms. The van der Waals surface area contributed by atoms with Gasteiger partial charge >= 0.3 is 0 Å². The van der Waals surface area contributed by atoms with Crippen LogP contribution in [-0.4, -0.2) is 19.3 Å². The molecule has 0 spiro atoms. The highest BCUT2D eigenvalue weighted by Crippen LogP contribution is 2.39. The molecule has 0 aromatic heterocycles. The maximum Gasteiger partial charge on any atom is 0.0642 e. The van der Waals surface area contributed by atoms with Crippen molar-refractivity contribution >= 4 is 21.6 Å². The third-order valence-corrected chi connectivity index (χ3v) is 4.50. The lowest BCUT2D eigenvalue weighted by Crippen LogP contribution is -2.33. The molecule has 2 atom stereocenters. The van der Waals surface area contributed by atoms with Gasteiger partial charge in [-0.2, -0.15) is 0 Å². The van der Waals surface area contributed by atoms with Crippen molar-refractivity contribution in [1.29, 1.82) is 0 Å². The molecule has 1 saturated carbocycles. The van der Waals surface area contributed by atoms with E-state index in [1.54, 1.807) is 0 Å². The van der Waals surface area contributed by atoms with Crippen molar-refractivity contribution in [3.63, 3.8) is 0 Å². The summed E-state index contributed by atoms with van der Waals surface area (Å²) in [6, 6.07) is 8.26. The molecule has 0 saturated heterocycles. The van der Waals surface area contributed by atoms with Gasteiger partial charge in [-0.05, 0) is 54.9 Å². The van der Waals surface area contributed by atoms with Gasteiger partial charge in [0.25, 0.3) is 0 Å². The van der Waals surface area contributed by atoms with Crippen LogP contribution in [0.25, 0.3) is 0 Å². The van der Waals surface area contributed by atoms with E-state index in [0.717, 1.165) is 29.2 Å². The van der Waals surface area contributed by atoms with Crippen molar-refractivity contribution in [2.75, 3.05) is 18.5 Å². The first-order valence-electron chi connectivity index (χ1n) is 7.56. The summed E-state index contributed by atoms with van der Waals surface area (Å²) >= 11 is 3.44. The zero-order valence-corrected chi connectivity index (χ0v) is 14.4. The predicted molar refractivity (Wildman–Crippen MR) is 89.2 cm³/mol. The largest absolute Gasteiger partial charge is 0.383 e. The van der Waals surface area contributed by atoms with Crippen LogP contribution in [0.1, 0.15) is 40.0 Å². The summed E-state index contributed by atoms with van der Waals surface area (Å²) in [7, 11) is 0. The Bertz CT molecular complexity index is 416. The number of nitrogens with one attached hydrogen (secondary N) is 1. The van der Waals surface area contributed by atoms with E-state index in [-0.39, 0.29) is 0 Å². The summed E-state index contributed by atoms with van der Waals surface area (Å²) in [5.41, 5.74) is 1.58. The van der Waals surface area contributed by atoms with Crippen LogP contribution in [0.2, 0.25) is 0 Å². The van der Waals surface area contributed by atoms with Gasteiger partial charge in [0.15, 0.2) is 0 Å². The molecule has 1 aromatic carbocycles. The van der Waals surface area contributed by atoms with Crippen LogP contribution in [0.3, 0.4) is 0 Å². The van der Waals surface area contributed by atoms with E-state index in [1.807, 2.05) is 0 Å². The Balaban J connectivity index is 1.69. The molecule has 1 fully saturated rings. The van der Waals surface area contributed by atoms with E-state index < -0.39 is 0 Å². The van der Waals surface area contributed by atoms with E-state index in [2.05, 4.69) is 66.3 Å². The second-order valence-electron chi connectivity index (χ2n) is 6.84. The number of anilines is 1. The summed E-state index contributed by atoms with van der Waals surface area (Å²) in [5, 5.41) is 3.40. The first-order chi connectivity index (χ1) is 9.44. The van der Waals surface area contributed by atoms with Crippen LogP contribution in [0.5, 0.6) is 0 Å². The Morgan fingerprint density at radius 1 is 1.25 bits per heavy atom. The molecule has 0 heterocycles. The zero-order chi connectivity index (χ0) is 14.6. The van der Waals surface area contributed by atoms with E-state index in [4.69, 9.17) is 4.74 Å². The van der Waals surface area contributed by atoms with Crippen molar-refractivity contribution < 1.29 is 4.74 Å². The van der Waals surface area contributed by atoms with Crippen LogP contribution in [0.4, 0.5) is 5.69 Å². The van der Waals surface area contributed by atoms with Gasteiger partial charge in [-0.25, -0.2) is 0 Å². The highest BCUT2D eigenvalue weighted by molar-refractivity contribution is 9.10. The maximum atomic E-state index is 6.06. The average molecular weight is 340 g/mol. The Hall–Kier alpha value is -0.540. The Kier molecular flexibility index (Phi) is 5.50. The topological polar surface area (TPSA) is 21.3 Å². The molecule has 20 heavy (non-hydrogen) atoms. The SMILES string of the molecule is CC1CC(OCCNc2ccc(Br)cc2)CC(C)(C)C1. The molecule has 0 radical (unpaired) electrons. The molecular weight excluding hydrogens is 314 g/mol. The van der Waals surface area contributed by atoms with Crippen molar-refractivity contribution in [3.05, 3.63) is 28.7 Å². The number of benzene rings is 1. The number of halogens is 1. The van der Waals surface area contributed by atoms with Gasteiger partial charge in [0.2, 0.25) is 0 Å². The van der Waals surface area contributed by atoms with Crippen LogP contribution in [0, 0.1) is 11.3 Å². The highest BCUT2D eigenvalue weighted by Gasteiger charge is 2.32. The predicted octanol–water partition coefficient (Wildman–Crippen LogP) is 5.09. The molecule has 2 unspecified atom stereocenters. The lowest BCUT2D eigenvalue weighted by atomic mass is 9.71. The summed E-state index contributed by atoms with van der Waals surface area (Å²) in [4.78, 5) is 0. The van der Waals surface area contributed by atoms with Crippen LogP contribution in [-0.2, 0) is 4.74 Å². The zero-order valence-electron chi connectivity index (χ0n) is 12.8. The van der Waals surface area contributed by atoms with Gasteiger partial charge in [-0.1, -0.05) is 36.7 Å². The fourth-order valence-corrected chi connectivity index (χ4v) is 3.64. The van der Waals surface area contributed by atoms with Crippen LogP contribution in [0.15, 0.2) is 28.7 Å². The molecule has 0 aliphatic heterocycles. The van der Waals surface area contributed by atoms with E-state index >= 15 is 0 Å². The standard InChI is InChI=1S/C17H26BrNO/c1-13-10-16(12-17(2,3)11-13)20-9-8-19-15-6-4-14(18)5-7-15/h4-7,13,16,19H,8-12H2,1-3H3. The molecule has 0 amide bonds. The van der Waals surface area contributed by atoms with Crippen molar-refractivity contribution in [1.82, 2.24) is 0 Å². The van der Waals surface area contributed by atoms with Gasteiger partial charge in [0.05, 0.1) is 12.7 Å². The lowest BCUT2D eigenvalue weighted by molar-refractivity contribution is -0.0185. The second-order valence-corrected chi connectivity index (χ2v) is 7.76. The van der Waals surface area contributed by atoms with Gasteiger partial charge < -0.3 is 10.1 Å². The molecule has 1 aliphatic rings. The minimum Gasteiger partial charge on any atom is -0.383 e. The van der Waals surface area contributed by atoms with Crippen LogP contribution >= 0.6 is 15.9 Å². The number of hydrogen-bond acceptors (Lipinski definition) is 2. The van der Waals surface area contributed by atoms with E-state index in [9.17, 15) is 0 Å². The fraction of sp³-hybridized carbons (Fsp3) is 0.647. The number of rotatable bonds is 5. The number of hydrogen-bond donors (Lipinski definition) is 1. The third-order valence-electron chi connectivity index (χ3n) is 3.98. The van der Waals surface area contributed by atoms with E-state index in [1.165, 1.54) is 19.3 Å². The Morgan fingerprint density at radius 3 is 2.60 bits per heavy atom. The van der Waals surface area contributed by atoms with Crippen molar-refractivity contribution in [2.24, 2.45) is 11.3 Å². The van der Waals surface area contributed by atoms with Crippen molar-refractivity contribution in [3.8, 4) is 0 Å². The molecule has 1 aliphatic carbocycles. The maximum absolute atomic E-state index is 6.06. The minimum atomic E-state index is 0.431. The second kappa shape index (κ2) is 6.95. The number of ether oxygens (including phenoxy) is 1. The Morgan fingerprint density at radius 2 is 1.95 bits per heavy atom. The quantitative estimate of drug-likeness (QED) is 0.754. The molecule has 2 rings (SSSR count). The van der Waals surface area contributed by atoms with Gasteiger partial charge in [-0.3, -0.25) is 0 Å². The summed E-state index contributed by atoms with van der Waals surface area (Å²) in [6.45, 7) is 8.71. The van der Waals surface area contributed by atoms with Gasteiger partial charge in [0, 0.05) is 16.7 Å². The Labute approximate surface area is 131 Å². The first-order valence-corrected chi connectivity index (χ1v) is 8.35. The highest BCUT2D eigenvalue weighted by atomic mass is 79.9. The van der Waals surface area contributed by atoms with Gasteiger partial charge in [0.1, 0.15) is 0 Å². The molecule has 1 aromatic rings. The third kappa shape index (κ3) is 5.10. The van der Waals surface area contributed by atoms with Crippen molar-refractivity contribution in [2.45, 2.75) is 46.1 Å². The smallest absolute Gasteiger partial charge is 0.0642 e.